The summed E-state index contributed by atoms with van der Waals surface area (Å²) in [7, 11) is 0. The highest BCUT2D eigenvalue weighted by molar-refractivity contribution is 5.67. The molecule has 3 N–H and O–H groups in total. The molecule has 0 atom stereocenters. The molecule has 30 heavy (non-hydrogen) atoms. The van der Waals surface area contributed by atoms with Crippen molar-refractivity contribution >= 4 is 18.3 Å². The van der Waals surface area contributed by atoms with Crippen molar-refractivity contribution in [3.8, 4) is 0 Å². The van der Waals surface area contributed by atoms with Crippen molar-refractivity contribution in [2.45, 2.75) is 31.9 Å². The molecule has 8 heteroatoms. The summed E-state index contributed by atoms with van der Waals surface area (Å²) in [6.45, 7) is 1.63. The summed E-state index contributed by atoms with van der Waals surface area (Å²) in [5.74, 6) is -0.298. The van der Waals surface area contributed by atoms with E-state index in [9.17, 15) is 9.18 Å². The molecule has 1 fully saturated rings. The second kappa shape index (κ2) is 12.4. The lowest BCUT2D eigenvalue weighted by Crippen LogP contribution is -2.42. The molecule has 1 heterocycles. The van der Waals surface area contributed by atoms with Crippen molar-refractivity contribution in [2.75, 3.05) is 25.0 Å². The molecule has 0 unspecified atom stereocenters. The van der Waals surface area contributed by atoms with Crippen molar-refractivity contribution in [3.63, 3.8) is 0 Å². The Kier molecular flexibility index (Phi) is 9.60. The van der Waals surface area contributed by atoms with Gasteiger partial charge in [0.2, 0.25) is 0 Å². The molecule has 1 amide bonds. The molecule has 0 spiro atoms. The lowest BCUT2D eigenvalue weighted by Gasteiger charge is -2.32. The molecule has 0 aromatic heterocycles. The number of ether oxygens (including phenoxy) is 1. The van der Waals surface area contributed by atoms with Crippen LogP contribution in [0.1, 0.15) is 24.0 Å². The maximum atomic E-state index is 12.9. The van der Waals surface area contributed by atoms with Crippen molar-refractivity contribution in [3.05, 3.63) is 65.5 Å². The van der Waals surface area contributed by atoms with Gasteiger partial charge in [0.1, 0.15) is 12.4 Å². The fourth-order valence-corrected chi connectivity index (χ4v) is 3.19. The zero-order valence-corrected chi connectivity index (χ0v) is 16.8. The fourth-order valence-electron chi connectivity index (χ4n) is 3.19. The first-order valence-electron chi connectivity index (χ1n) is 9.83. The minimum atomic E-state index is -0.500. The summed E-state index contributed by atoms with van der Waals surface area (Å²) >= 11 is 0. The number of carboxylic acid groups (broad SMARTS) is 1. The van der Waals surface area contributed by atoms with E-state index in [0.717, 1.165) is 30.5 Å². The number of carbonyl (C=O) groups is 2. The van der Waals surface area contributed by atoms with Crippen molar-refractivity contribution in [1.82, 2.24) is 4.90 Å². The first-order valence-corrected chi connectivity index (χ1v) is 9.83. The van der Waals surface area contributed by atoms with Gasteiger partial charge in [-0.05, 0) is 61.2 Å². The summed E-state index contributed by atoms with van der Waals surface area (Å²) in [6, 6.07) is 14.7. The Morgan fingerprint density at radius 1 is 1.13 bits per heavy atom. The summed E-state index contributed by atoms with van der Waals surface area (Å²) in [4.78, 5) is 22.2. The van der Waals surface area contributed by atoms with Gasteiger partial charge in [-0.3, -0.25) is 0 Å². The number of anilines is 1. The van der Waals surface area contributed by atoms with Gasteiger partial charge in [-0.1, -0.05) is 24.3 Å². The number of likely N-dealkylation sites (tertiary alicyclic amines) is 1. The third-order valence-corrected chi connectivity index (χ3v) is 4.79. The van der Waals surface area contributed by atoms with Gasteiger partial charge in [0.05, 0.1) is 0 Å². The number of nitrogens with zero attached hydrogens (tertiary/aromatic N) is 1. The second-order valence-corrected chi connectivity index (χ2v) is 6.92. The van der Waals surface area contributed by atoms with E-state index in [4.69, 9.17) is 20.4 Å². The van der Waals surface area contributed by atoms with Gasteiger partial charge < -0.3 is 30.6 Å². The number of hydrogen-bond donors (Lipinski definition) is 2. The minimum Gasteiger partial charge on any atom is -0.554 e. The fraction of sp³-hybridized carbons (Fsp3) is 0.364. The molecule has 0 saturated carbocycles. The zero-order chi connectivity index (χ0) is 21.8. The number of halogens is 1. The maximum Gasteiger partial charge on any atom is 0.410 e. The highest BCUT2D eigenvalue weighted by Gasteiger charge is 2.23. The molecule has 0 aliphatic carbocycles. The van der Waals surface area contributed by atoms with E-state index >= 15 is 0 Å². The Labute approximate surface area is 175 Å². The molecule has 1 aliphatic rings. The van der Waals surface area contributed by atoms with E-state index < -0.39 is 6.47 Å². The van der Waals surface area contributed by atoms with Gasteiger partial charge in [0, 0.05) is 31.3 Å². The molecule has 3 rings (SSSR count). The summed E-state index contributed by atoms with van der Waals surface area (Å²) < 4.78 is 18.2. The Morgan fingerprint density at radius 3 is 2.27 bits per heavy atom. The topological polar surface area (TPSA) is 108 Å². The monoisotopic (exact) mass is 416 g/mol. The number of rotatable bonds is 6. The quantitative estimate of drug-likeness (QED) is 0.697. The third-order valence-electron chi connectivity index (χ3n) is 4.79. The van der Waals surface area contributed by atoms with Crippen LogP contribution in [0.15, 0.2) is 48.5 Å². The number of piperidine rings is 1. The number of hydrogen-bond acceptors (Lipinski definition) is 6. The van der Waals surface area contributed by atoms with Gasteiger partial charge >= 0.3 is 6.09 Å². The van der Waals surface area contributed by atoms with Crippen LogP contribution in [0.3, 0.4) is 0 Å². The molecule has 1 saturated heterocycles. The largest absolute Gasteiger partial charge is 0.554 e. The molecular formula is C22H27FN3O4-. The van der Waals surface area contributed by atoms with Gasteiger partial charge in [-0.25, -0.2) is 9.18 Å². The summed E-state index contributed by atoms with van der Waals surface area (Å²) in [5.41, 5.74) is 8.68. The lowest BCUT2D eigenvalue weighted by atomic mass is 10.0. The van der Waals surface area contributed by atoms with Crippen LogP contribution in [0.2, 0.25) is 0 Å². The standard InChI is InChI=1S/C21H26FN3O2.CH2O2/c22-18-5-1-17(2-6-18)15-27-21(26)25-13-10-20(11-14-25)24-19-7-3-16(4-8-19)9-12-23;2-1-3/h1-8,20,24H,9-15,23H2;1H,(H,2,3)/p-1. The van der Waals surface area contributed by atoms with E-state index in [1.165, 1.54) is 17.7 Å². The van der Waals surface area contributed by atoms with Crippen LogP contribution in [-0.2, 0) is 22.6 Å². The van der Waals surface area contributed by atoms with Crippen LogP contribution in [0.25, 0.3) is 0 Å². The number of benzene rings is 2. The van der Waals surface area contributed by atoms with Crippen LogP contribution < -0.4 is 16.2 Å². The van der Waals surface area contributed by atoms with E-state index in [1.807, 2.05) is 0 Å². The van der Waals surface area contributed by atoms with Gasteiger partial charge in [0.15, 0.2) is 0 Å². The van der Waals surface area contributed by atoms with Crippen LogP contribution >= 0.6 is 0 Å². The molecular weight excluding hydrogens is 389 g/mol. The minimum absolute atomic E-state index is 0.159. The molecule has 2 aromatic rings. The first kappa shape index (κ1) is 23.2. The van der Waals surface area contributed by atoms with Crippen LogP contribution in [0, 0.1) is 5.82 Å². The maximum absolute atomic E-state index is 12.9. The van der Waals surface area contributed by atoms with Gasteiger partial charge in [0.25, 0.3) is 0 Å². The highest BCUT2D eigenvalue weighted by Crippen LogP contribution is 2.18. The SMILES string of the molecule is NCCc1ccc(NC2CCN(C(=O)OCc3ccc(F)cc3)CC2)cc1.O=C[O-]. The molecule has 162 valence electrons. The molecule has 1 aliphatic heterocycles. The molecule has 0 radical (unpaired) electrons. The molecule has 0 bridgehead atoms. The van der Waals surface area contributed by atoms with Crippen LogP contribution in [0.4, 0.5) is 14.9 Å². The van der Waals surface area contributed by atoms with E-state index in [2.05, 4.69) is 29.6 Å². The Bertz CT molecular complexity index is 776. The van der Waals surface area contributed by atoms with Crippen LogP contribution in [0.5, 0.6) is 0 Å². The predicted molar refractivity (Wildman–Crippen MR) is 110 cm³/mol. The van der Waals surface area contributed by atoms with E-state index in [-0.39, 0.29) is 18.5 Å². The smallest absolute Gasteiger partial charge is 0.410 e. The highest BCUT2D eigenvalue weighted by atomic mass is 19.1. The first-order chi connectivity index (χ1) is 14.5. The predicted octanol–water partition coefficient (Wildman–Crippen LogP) is 1.91. The number of carbonyl (C=O) groups excluding carboxylic acids is 2. The average molecular weight is 416 g/mol. The average Bonchev–Trinajstić information content (AvgIpc) is 2.76. The normalized spacial score (nSPS) is 13.7. The number of amides is 1. The Morgan fingerprint density at radius 2 is 1.70 bits per heavy atom. The lowest BCUT2D eigenvalue weighted by molar-refractivity contribution is -0.283. The Balaban J connectivity index is 0.00000101. The molecule has 7 nitrogen and oxygen atoms in total. The van der Waals surface area contributed by atoms with Gasteiger partial charge in [-0.2, -0.15) is 0 Å². The van der Waals surface area contributed by atoms with Crippen molar-refractivity contribution in [1.29, 1.82) is 0 Å². The molecule has 2 aromatic carbocycles. The summed E-state index contributed by atoms with van der Waals surface area (Å²) in [5, 5.41) is 11.8. The third kappa shape index (κ3) is 7.71. The Hall–Kier alpha value is -3.13. The van der Waals surface area contributed by atoms with E-state index in [0.29, 0.717) is 25.7 Å². The van der Waals surface area contributed by atoms with Gasteiger partial charge in [-0.15, -0.1) is 0 Å². The van der Waals surface area contributed by atoms with Crippen molar-refractivity contribution < 1.29 is 23.8 Å². The van der Waals surface area contributed by atoms with Crippen molar-refractivity contribution in [2.24, 2.45) is 5.73 Å². The summed E-state index contributed by atoms with van der Waals surface area (Å²) in [6.07, 6.45) is 2.31. The zero-order valence-electron chi connectivity index (χ0n) is 16.8. The second-order valence-electron chi connectivity index (χ2n) is 6.92. The number of nitrogens with one attached hydrogen (secondary N) is 1. The van der Waals surface area contributed by atoms with Crippen LogP contribution in [-0.4, -0.2) is 43.1 Å². The van der Waals surface area contributed by atoms with E-state index in [1.54, 1.807) is 17.0 Å². The number of nitrogens with two attached hydrogens (primary N) is 1.